The Morgan fingerprint density at radius 2 is 2.08 bits per heavy atom. The van der Waals surface area contributed by atoms with E-state index in [0.29, 0.717) is 11.5 Å². The summed E-state index contributed by atoms with van der Waals surface area (Å²) < 4.78 is 15.2. The molecular weight excluding hydrogens is 329 g/mol. The lowest BCUT2D eigenvalue weighted by molar-refractivity contribution is -0.125. The third-order valence-corrected chi connectivity index (χ3v) is 3.53. The van der Waals surface area contributed by atoms with E-state index >= 15 is 0 Å². The summed E-state index contributed by atoms with van der Waals surface area (Å²) in [5, 5.41) is 15.9. The first-order valence-corrected chi connectivity index (χ1v) is 7.67. The minimum atomic E-state index is -0.687. The van der Waals surface area contributed by atoms with Gasteiger partial charge in [-0.3, -0.25) is 9.59 Å². The van der Waals surface area contributed by atoms with E-state index in [1.807, 2.05) is 13.8 Å². The molecule has 0 radical (unpaired) electrons. The van der Waals surface area contributed by atoms with Gasteiger partial charge < -0.3 is 16.4 Å². The molecule has 1 heterocycles. The van der Waals surface area contributed by atoms with Gasteiger partial charge in [0.25, 0.3) is 0 Å². The molecule has 0 bridgehead atoms. The van der Waals surface area contributed by atoms with Gasteiger partial charge in [0.05, 0.1) is 12.6 Å². The van der Waals surface area contributed by atoms with E-state index in [9.17, 15) is 14.0 Å². The predicted molar refractivity (Wildman–Crippen MR) is 88.3 cm³/mol. The van der Waals surface area contributed by atoms with Gasteiger partial charge >= 0.3 is 0 Å². The van der Waals surface area contributed by atoms with Gasteiger partial charge in [0.1, 0.15) is 11.5 Å². The van der Waals surface area contributed by atoms with E-state index in [-0.39, 0.29) is 18.2 Å². The number of carbonyl (C=O) groups is 2. The number of hydrogen-bond acceptors (Lipinski definition) is 6. The maximum atomic E-state index is 14.0. The monoisotopic (exact) mass is 349 g/mol. The number of rotatable bonds is 6. The topological polar surface area (TPSA) is 128 Å². The highest BCUT2D eigenvalue weighted by Crippen LogP contribution is 2.18. The molecule has 1 atom stereocenters. The second-order valence-corrected chi connectivity index (χ2v) is 5.84. The van der Waals surface area contributed by atoms with Gasteiger partial charge in [0.2, 0.25) is 11.8 Å². The summed E-state index contributed by atoms with van der Waals surface area (Å²) in [5.41, 5.74) is 6.15. The number of nitrogens with two attached hydrogens (primary N) is 1. The number of hydrogen-bond donors (Lipinski definition) is 3. The molecule has 25 heavy (non-hydrogen) atoms. The normalized spacial score (nSPS) is 12.1. The Morgan fingerprint density at radius 1 is 1.36 bits per heavy atom. The van der Waals surface area contributed by atoms with Crippen molar-refractivity contribution in [1.29, 1.82) is 0 Å². The molecule has 0 spiro atoms. The highest BCUT2D eigenvalue weighted by atomic mass is 19.1. The van der Waals surface area contributed by atoms with Gasteiger partial charge in [-0.25, -0.2) is 4.39 Å². The van der Waals surface area contributed by atoms with E-state index < -0.39 is 23.7 Å². The third-order valence-electron chi connectivity index (χ3n) is 3.53. The molecule has 0 aliphatic rings. The number of tetrazole rings is 1. The maximum absolute atomic E-state index is 14.0. The molecule has 0 saturated heterocycles. The average Bonchev–Trinajstić information content (AvgIpc) is 2.99. The standard InChI is InChI=1S/C15H20FN7O2/c1-8(2)14(17)15(25)18-7-13(24)19-10-4-5-11(16)12(6-10)23-9(3)20-21-22-23/h4-6,8,14H,7,17H2,1-3H3,(H,18,25)(H,19,24)/t14-/m0/s1. The number of carbonyl (C=O) groups excluding carboxylic acids is 2. The van der Waals surface area contributed by atoms with Crippen molar-refractivity contribution >= 4 is 17.5 Å². The van der Waals surface area contributed by atoms with Gasteiger partial charge in [-0.2, -0.15) is 4.68 Å². The number of aryl methyl sites for hydroxylation is 1. The van der Waals surface area contributed by atoms with E-state index in [4.69, 9.17) is 5.73 Å². The van der Waals surface area contributed by atoms with Crippen LogP contribution >= 0.6 is 0 Å². The van der Waals surface area contributed by atoms with Crippen LogP contribution in [0.15, 0.2) is 18.2 Å². The molecule has 1 aromatic heterocycles. The van der Waals surface area contributed by atoms with E-state index in [1.54, 1.807) is 6.92 Å². The Balaban J connectivity index is 2.02. The molecule has 10 heteroatoms. The second kappa shape index (κ2) is 7.79. The van der Waals surface area contributed by atoms with E-state index in [0.717, 1.165) is 0 Å². The van der Waals surface area contributed by atoms with Crippen molar-refractivity contribution in [3.8, 4) is 5.69 Å². The zero-order chi connectivity index (χ0) is 18.6. The van der Waals surface area contributed by atoms with Crippen molar-refractivity contribution in [2.24, 2.45) is 11.7 Å². The molecule has 1 aromatic carbocycles. The summed E-state index contributed by atoms with van der Waals surface area (Å²) in [7, 11) is 0. The smallest absolute Gasteiger partial charge is 0.243 e. The van der Waals surface area contributed by atoms with E-state index in [2.05, 4.69) is 26.2 Å². The number of aromatic nitrogens is 4. The Labute approximate surface area is 143 Å². The number of nitrogens with zero attached hydrogens (tertiary/aromatic N) is 4. The molecule has 0 unspecified atom stereocenters. The van der Waals surface area contributed by atoms with Gasteiger partial charge in [0.15, 0.2) is 5.82 Å². The van der Waals surface area contributed by atoms with Crippen molar-refractivity contribution in [2.45, 2.75) is 26.8 Å². The quantitative estimate of drug-likeness (QED) is 0.681. The summed E-state index contributed by atoms with van der Waals surface area (Å²) in [4.78, 5) is 23.7. The van der Waals surface area contributed by atoms with Gasteiger partial charge in [0, 0.05) is 5.69 Å². The fourth-order valence-electron chi connectivity index (χ4n) is 2.00. The van der Waals surface area contributed by atoms with Crippen LogP contribution in [0.4, 0.5) is 10.1 Å². The second-order valence-electron chi connectivity index (χ2n) is 5.84. The molecule has 134 valence electrons. The molecule has 2 aromatic rings. The van der Waals surface area contributed by atoms with Gasteiger partial charge in [-0.15, -0.1) is 5.10 Å². The summed E-state index contributed by atoms with van der Waals surface area (Å²) in [5.74, 6) is -1.05. The van der Waals surface area contributed by atoms with Crippen LogP contribution in [0.25, 0.3) is 5.69 Å². The van der Waals surface area contributed by atoms with Crippen molar-refractivity contribution in [2.75, 3.05) is 11.9 Å². The number of nitrogens with one attached hydrogen (secondary N) is 2. The van der Waals surface area contributed by atoms with Crippen LogP contribution in [0.5, 0.6) is 0 Å². The van der Waals surface area contributed by atoms with Crippen LogP contribution in [0.1, 0.15) is 19.7 Å². The number of anilines is 1. The summed E-state index contributed by atoms with van der Waals surface area (Å²) in [6.07, 6.45) is 0. The van der Waals surface area contributed by atoms with Crippen LogP contribution in [0.3, 0.4) is 0 Å². The lowest BCUT2D eigenvalue weighted by atomic mass is 10.1. The van der Waals surface area contributed by atoms with Crippen molar-refractivity contribution < 1.29 is 14.0 Å². The van der Waals surface area contributed by atoms with Crippen LogP contribution in [0.2, 0.25) is 0 Å². The number of benzene rings is 1. The molecule has 0 saturated carbocycles. The lowest BCUT2D eigenvalue weighted by Crippen LogP contribution is -2.46. The highest BCUT2D eigenvalue weighted by Gasteiger charge is 2.18. The molecular formula is C15H20FN7O2. The Bertz CT molecular complexity index is 775. The van der Waals surface area contributed by atoms with Crippen LogP contribution in [-0.4, -0.2) is 44.6 Å². The first kappa shape index (κ1) is 18.5. The molecule has 9 nitrogen and oxygen atoms in total. The average molecular weight is 349 g/mol. The molecule has 2 amide bonds. The molecule has 2 rings (SSSR count). The van der Waals surface area contributed by atoms with E-state index in [1.165, 1.54) is 22.9 Å². The number of halogens is 1. The zero-order valence-corrected chi connectivity index (χ0v) is 14.2. The van der Waals surface area contributed by atoms with Crippen LogP contribution in [0, 0.1) is 18.7 Å². The highest BCUT2D eigenvalue weighted by molar-refractivity contribution is 5.95. The summed E-state index contributed by atoms with van der Waals surface area (Å²) >= 11 is 0. The lowest BCUT2D eigenvalue weighted by Gasteiger charge is -2.15. The van der Waals surface area contributed by atoms with Crippen molar-refractivity contribution in [3.63, 3.8) is 0 Å². The Morgan fingerprint density at radius 3 is 2.68 bits per heavy atom. The largest absolute Gasteiger partial charge is 0.346 e. The Hall–Kier alpha value is -2.88. The minimum absolute atomic E-state index is 0.0396. The number of amides is 2. The summed E-state index contributed by atoms with van der Waals surface area (Å²) in [6, 6.07) is 3.31. The minimum Gasteiger partial charge on any atom is -0.346 e. The van der Waals surface area contributed by atoms with Gasteiger partial charge in [-0.1, -0.05) is 13.8 Å². The summed E-state index contributed by atoms with van der Waals surface area (Å²) in [6.45, 7) is 5.00. The SMILES string of the molecule is Cc1nnnn1-c1cc(NC(=O)CNC(=O)[C@@H](N)C(C)C)ccc1F. The molecule has 0 aliphatic carbocycles. The van der Waals surface area contributed by atoms with Crippen molar-refractivity contribution in [3.05, 3.63) is 29.8 Å². The first-order valence-electron chi connectivity index (χ1n) is 7.67. The maximum Gasteiger partial charge on any atom is 0.243 e. The predicted octanol–water partition coefficient (Wildman–Crippen LogP) is 0.148. The molecule has 0 fully saturated rings. The molecule has 0 aliphatic heterocycles. The van der Waals surface area contributed by atoms with Crippen LogP contribution in [-0.2, 0) is 9.59 Å². The van der Waals surface area contributed by atoms with Gasteiger partial charge in [-0.05, 0) is 41.5 Å². The third kappa shape index (κ3) is 4.57. The van der Waals surface area contributed by atoms with Crippen molar-refractivity contribution in [1.82, 2.24) is 25.5 Å². The first-order chi connectivity index (χ1) is 11.8. The van der Waals surface area contributed by atoms with Crippen LogP contribution < -0.4 is 16.4 Å². The fourth-order valence-corrected chi connectivity index (χ4v) is 2.00. The molecule has 4 N–H and O–H groups in total. The Kier molecular flexibility index (Phi) is 5.75. The zero-order valence-electron chi connectivity index (χ0n) is 14.2. The fraction of sp³-hybridized carbons (Fsp3) is 0.400.